The van der Waals surface area contributed by atoms with Crippen LogP contribution in [-0.2, 0) is 14.0 Å². The fraction of sp³-hybridized carbons (Fsp3) is 1.00. The number of hydrogen-bond acceptors (Lipinski definition) is 3. The minimum atomic E-state index is -4.09. The summed E-state index contributed by atoms with van der Waals surface area (Å²) in [5, 5.41) is 0. The molecule has 0 radical (unpaired) electrons. The second-order valence-electron chi connectivity index (χ2n) is 3.58. The number of rotatable bonds is 7. The van der Waals surface area contributed by atoms with Gasteiger partial charge in [-0.1, -0.05) is 13.8 Å². The van der Waals surface area contributed by atoms with E-state index in [9.17, 15) is 14.4 Å². The Morgan fingerprint density at radius 2 is 1.67 bits per heavy atom. The van der Waals surface area contributed by atoms with Gasteiger partial charge in [0.05, 0.1) is 4.78 Å². The lowest BCUT2D eigenvalue weighted by atomic mass is 10.2. The van der Waals surface area contributed by atoms with Crippen molar-refractivity contribution in [2.75, 3.05) is 14.2 Å². The molecule has 0 aliphatic heterocycles. The molecular weight excluding hydrogens is 235 g/mol. The molecule has 0 bridgehead atoms. The van der Waals surface area contributed by atoms with Crippen molar-refractivity contribution in [3.8, 4) is 0 Å². The highest BCUT2D eigenvalue weighted by molar-refractivity contribution is 7.56. The second-order valence-corrected chi connectivity index (χ2v) is 8.64. The van der Waals surface area contributed by atoms with Crippen molar-refractivity contribution in [3.05, 3.63) is 0 Å². The third kappa shape index (κ3) is 3.66. The minimum Gasteiger partial charge on any atom is -0.360 e. The zero-order chi connectivity index (χ0) is 12.1. The molecule has 0 heterocycles. The quantitative estimate of drug-likeness (QED) is 0.392. The van der Waals surface area contributed by atoms with Crippen molar-refractivity contribution in [2.24, 2.45) is 0 Å². The van der Waals surface area contributed by atoms with Crippen molar-refractivity contribution in [1.29, 1.82) is 0 Å². The summed E-state index contributed by atoms with van der Waals surface area (Å²) in [6.07, 6.45) is 0.923. The summed E-state index contributed by atoms with van der Waals surface area (Å²) in [6, 6.07) is 0. The zero-order valence-electron chi connectivity index (χ0n) is 9.77. The first-order valence-electron chi connectivity index (χ1n) is 4.98. The number of ether oxygens (including phenoxy) is 2. The van der Waals surface area contributed by atoms with Crippen molar-refractivity contribution >= 4 is 17.1 Å². The molecule has 0 aliphatic carbocycles. The minimum absolute atomic E-state index is 0.433. The summed E-state index contributed by atoms with van der Waals surface area (Å²) in [6.45, 7) is 3.61. The monoisotopic (exact) mass is 256 g/mol. The summed E-state index contributed by atoms with van der Waals surface area (Å²) in [4.78, 5) is 18.8. The van der Waals surface area contributed by atoms with Crippen molar-refractivity contribution in [2.45, 2.75) is 37.4 Å². The molecule has 2 N–H and O–H groups in total. The molecule has 0 aromatic carbocycles. The van der Waals surface area contributed by atoms with Crippen LogP contribution >= 0.6 is 7.60 Å². The molecule has 5 nitrogen and oxygen atoms in total. The lowest BCUT2D eigenvalue weighted by molar-refractivity contribution is -0.0455. The Bertz CT molecular complexity index is 221. The van der Waals surface area contributed by atoms with E-state index in [2.05, 4.69) is 0 Å². The van der Waals surface area contributed by atoms with Gasteiger partial charge in [-0.2, -0.15) is 0 Å². The molecule has 0 rings (SSSR count). The maximum absolute atomic E-state index is 11.5. The highest BCUT2D eigenvalue weighted by Crippen LogP contribution is 2.54. The van der Waals surface area contributed by atoms with E-state index in [4.69, 9.17) is 9.47 Å². The van der Waals surface area contributed by atoms with E-state index in [1.54, 1.807) is 13.8 Å². The van der Waals surface area contributed by atoms with Crippen molar-refractivity contribution in [3.63, 3.8) is 0 Å². The topological polar surface area (TPSA) is 76.0 Å². The van der Waals surface area contributed by atoms with Gasteiger partial charge in [-0.25, -0.2) is 0 Å². The van der Waals surface area contributed by atoms with Gasteiger partial charge < -0.3 is 19.3 Å². The van der Waals surface area contributed by atoms with E-state index in [0.29, 0.717) is 12.8 Å². The fourth-order valence-electron chi connectivity index (χ4n) is 1.64. The highest BCUT2D eigenvalue weighted by Gasteiger charge is 2.45. The van der Waals surface area contributed by atoms with Crippen LogP contribution in [0.4, 0.5) is 0 Å². The van der Waals surface area contributed by atoms with Gasteiger partial charge in [0.1, 0.15) is 15.4 Å². The fourth-order valence-corrected chi connectivity index (χ4v) is 5.40. The Hall–Kier alpha value is 0.287. The van der Waals surface area contributed by atoms with Crippen LogP contribution in [0.1, 0.15) is 26.7 Å². The third-order valence-corrected chi connectivity index (χ3v) is 9.42. The van der Waals surface area contributed by atoms with Gasteiger partial charge in [-0.15, -0.1) is 0 Å². The zero-order valence-corrected chi connectivity index (χ0v) is 12.1. The third-order valence-electron chi connectivity index (χ3n) is 3.01. The molecular formula is C8H21O5PSi. The van der Waals surface area contributed by atoms with E-state index in [0.717, 1.165) is 0 Å². The van der Waals surface area contributed by atoms with E-state index in [1.165, 1.54) is 14.2 Å². The lowest BCUT2D eigenvalue weighted by Gasteiger charge is -2.34. The van der Waals surface area contributed by atoms with Crippen LogP contribution in [0, 0.1) is 0 Å². The lowest BCUT2D eigenvalue weighted by Crippen LogP contribution is -2.43. The molecule has 0 saturated heterocycles. The Balaban J connectivity index is 4.87. The SMILES string of the molecule is CCC(CC)([SiH2]C(OC)OC)P(=O)(O)O. The molecule has 0 atom stereocenters. The molecule has 7 heteroatoms. The maximum atomic E-state index is 11.5. The van der Waals surface area contributed by atoms with Crippen LogP contribution < -0.4 is 0 Å². The van der Waals surface area contributed by atoms with Gasteiger partial charge in [0.25, 0.3) is 0 Å². The molecule has 0 amide bonds. The number of methoxy groups -OCH3 is 2. The summed E-state index contributed by atoms with van der Waals surface area (Å²) < 4.78 is 20.7. The smallest absolute Gasteiger partial charge is 0.328 e. The molecule has 15 heavy (non-hydrogen) atoms. The average molecular weight is 256 g/mol. The van der Waals surface area contributed by atoms with E-state index in [-0.39, 0.29) is 0 Å². The van der Waals surface area contributed by atoms with Crippen LogP contribution in [0.15, 0.2) is 0 Å². The Morgan fingerprint density at radius 1 is 1.27 bits per heavy atom. The van der Waals surface area contributed by atoms with Gasteiger partial charge in [-0.3, -0.25) is 4.57 Å². The first-order valence-corrected chi connectivity index (χ1v) is 8.11. The maximum Gasteiger partial charge on any atom is 0.328 e. The predicted octanol–water partition coefficient (Wildman–Crippen LogP) is 0.426. The van der Waals surface area contributed by atoms with Crippen LogP contribution in [0.2, 0.25) is 0 Å². The average Bonchev–Trinajstić information content (AvgIpc) is 2.19. The van der Waals surface area contributed by atoms with Crippen molar-refractivity contribution < 1.29 is 23.8 Å². The van der Waals surface area contributed by atoms with Crippen LogP contribution in [-0.4, -0.2) is 44.2 Å². The van der Waals surface area contributed by atoms with Crippen LogP contribution in [0.5, 0.6) is 0 Å². The van der Waals surface area contributed by atoms with Crippen LogP contribution in [0.25, 0.3) is 0 Å². The van der Waals surface area contributed by atoms with Crippen molar-refractivity contribution in [1.82, 2.24) is 0 Å². The summed E-state index contributed by atoms with van der Waals surface area (Å²) in [5.41, 5.74) is 0. The summed E-state index contributed by atoms with van der Waals surface area (Å²) in [7, 11) is -2.27. The molecule has 0 aromatic rings. The normalized spacial score (nSPS) is 14.3. The van der Waals surface area contributed by atoms with Gasteiger partial charge in [0, 0.05) is 14.2 Å². The first kappa shape index (κ1) is 15.3. The molecule has 0 fully saturated rings. The van der Waals surface area contributed by atoms with E-state index >= 15 is 0 Å². The highest BCUT2D eigenvalue weighted by atomic mass is 31.2. The molecule has 0 aliphatic rings. The predicted molar refractivity (Wildman–Crippen MR) is 61.7 cm³/mol. The Morgan fingerprint density at radius 3 is 1.87 bits per heavy atom. The number of hydrogen-bond donors (Lipinski definition) is 2. The van der Waals surface area contributed by atoms with Gasteiger partial charge in [0.15, 0.2) is 0 Å². The molecule has 0 saturated carbocycles. The first-order chi connectivity index (χ1) is 6.86. The van der Waals surface area contributed by atoms with E-state index < -0.39 is 27.8 Å². The summed E-state index contributed by atoms with van der Waals surface area (Å²) in [5.74, 6) is -0.433. The Kier molecular flexibility index (Phi) is 6.25. The van der Waals surface area contributed by atoms with Gasteiger partial charge >= 0.3 is 7.60 Å². The van der Waals surface area contributed by atoms with Gasteiger partial charge in [0.2, 0.25) is 0 Å². The molecule has 0 aromatic heterocycles. The van der Waals surface area contributed by atoms with Gasteiger partial charge in [-0.05, 0) is 12.8 Å². The molecule has 0 spiro atoms. The van der Waals surface area contributed by atoms with E-state index in [1.807, 2.05) is 0 Å². The molecule has 92 valence electrons. The molecule has 0 unspecified atom stereocenters. The second kappa shape index (κ2) is 6.13. The Labute approximate surface area is 93.1 Å². The van der Waals surface area contributed by atoms with Crippen LogP contribution in [0.3, 0.4) is 0 Å². The summed E-state index contributed by atoms with van der Waals surface area (Å²) >= 11 is 0. The standard InChI is InChI=1S/C8H21O5PSi/c1-5-8(6-2,14(9,10)11)15-7(12-3)13-4/h7H,5-6,15H2,1-4H3,(H2,9,10,11). The largest absolute Gasteiger partial charge is 0.360 e.